The number of quaternary nitrogens is 1. The molecule has 5 nitrogen and oxygen atoms in total. The number of aliphatic carboxylic acids is 1. The summed E-state index contributed by atoms with van der Waals surface area (Å²) in [5.74, 6) is -2.33. The zero-order valence-corrected chi connectivity index (χ0v) is 23.0. The third-order valence-corrected chi connectivity index (χ3v) is 7.32. The van der Waals surface area contributed by atoms with Gasteiger partial charge in [0.05, 0.1) is 14.1 Å². The molecule has 1 aliphatic heterocycles. The zero-order chi connectivity index (χ0) is 25.1. The van der Waals surface area contributed by atoms with Crippen molar-refractivity contribution in [3.63, 3.8) is 0 Å². The van der Waals surface area contributed by atoms with Crippen molar-refractivity contribution in [1.82, 2.24) is 0 Å². The first-order chi connectivity index (χ1) is 16.3. The summed E-state index contributed by atoms with van der Waals surface area (Å²) < 4.78 is 6.35. The average molecular weight is 484 g/mol. The molecule has 34 heavy (non-hydrogen) atoms. The molecule has 5 heteroatoms. The van der Waals surface area contributed by atoms with Crippen LogP contribution in [0.1, 0.15) is 142 Å². The number of carbonyl (C=O) groups excluding carboxylic acids is 1. The zero-order valence-electron chi connectivity index (χ0n) is 23.0. The smallest absolute Gasteiger partial charge is 0.216 e. The predicted molar refractivity (Wildman–Crippen MR) is 139 cm³/mol. The van der Waals surface area contributed by atoms with Crippen molar-refractivity contribution in [3.05, 3.63) is 0 Å². The van der Waals surface area contributed by atoms with Crippen LogP contribution in [0, 0.1) is 0 Å². The summed E-state index contributed by atoms with van der Waals surface area (Å²) >= 11 is 0. The van der Waals surface area contributed by atoms with Crippen LogP contribution in [-0.4, -0.2) is 54.6 Å². The third kappa shape index (κ3) is 16.9. The van der Waals surface area contributed by atoms with E-state index >= 15 is 0 Å². The topological polar surface area (TPSA) is 69.6 Å². The normalized spacial score (nSPS) is 22.2. The molecular weight excluding hydrogens is 426 g/mol. The SMILES string of the molecule is CCCCCCCCCCCCCCCCCCCCC[C@@]1(O)C[N+](C)(C)C[C@@H](CC(=O)[O-])O1. The number of likely N-dealkylation sites (N-methyl/N-ethyl adjacent to an activating group) is 1. The van der Waals surface area contributed by atoms with E-state index < -0.39 is 17.9 Å². The van der Waals surface area contributed by atoms with Crippen molar-refractivity contribution in [3.8, 4) is 0 Å². The molecule has 0 bridgehead atoms. The lowest BCUT2D eigenvalue weighted by Gasteiger charge is -2.46. The highest BCUT2D eigenvalue weighted by Gasteiger charge is 2.44. The summed E-state index contributed by atoms with van der Waals surface area (Å²) in [4.78, 5) is 11.0. The number of nitrogens with zero attached hydrogens (tertiary/aromatic N) is 1. The number of carboxylic acid groups (broad SMARTS) is 1. The lowest BCUT2D eigenvalue weighted by Crippen LogP contribution is -2.63. The molecule has 0 aliphatic carbocycles. The van der Waals surface area contributed by atoms with Gasteiger partial charge in [0.15, 0.2) is 0 Å². The highest BCUT2D eigenvalue weighted by Crippen LogP contribution is 2.29. The first-order valence-electron chi connectivity index (χ1n) is 14.7. The Morgan fingerprint density at radius 3 is 1.56 bits per heavy atom. The standard InChI is InChI=1S/C29H57NO4/c1-4-5-6-7-8-9-10-11-12-13-14-15-16-17-18-19-20-21-22-23-29(33)26-30(2,3)25-27(34-29)24-28(31)32/h27,33H,4-26H2,1-3H3/t27-,29+/m1/s1. The summed E-state index contributed by atoms with van der Waals surface area (Å²) in [6.07, 6.45) is 25.5. The van der Waals surface area contributed by atoms with Gasteiger partial charge in [-0.2, -0.15) is 0 Å². The molecule has 1 N–H and O–H groups in total. The third-order valence-electron chi connectivity index (χ3n) is 7.32. The van der Waals surface area contributed by atoms with Crippen molar-refractivity contribution in [1.29, 1.82) is 0 Å². The van der Waals surface area contributed by atoms with Crippen molar-refractivity contribution in [2.24, 2.45) is 0 Å². The Kier molecular flexibility index (Phi) is 17.2. The van der Waals surface area contributed by atoms with E-state index in [1.807, 2.05) is 14.1 Å². The Morgan fingerprint density at radius 2 is 1.18 bits per heavy atom. The van der Waals surface area contributed by atoms with Gasteiger partial charge in [0.2, 0.25) is 5.79 Å². The van der Waals surface area contributed by atoms with E-state index in [4.69, 9.17) is 4.74 Å². The summed E-state index contributed by atoms with van der Waals surface area (Å²) in [5, 5.41) is 21.8. The lowest BCUT2D eigenvalue weighted by atomic mass is 10.0. The largest absolute Gasteiger partial charge is 0.550 e. The number of rotatable bonds is 22. The van der Waals surface area contributed by atoms with E-state index in [2.05, 4.69) is 6.92 Å². The first kappa shape index (κ1) is 31.4. The minimum atomic E-state index is -1.21. The maximum Gasteiger partial charge on any atom is 0.216 e. The molecule has 0 amide bonds. The van der Waals surface area contributed by atoms with Crippen LogP contribution in [0.3, 0.4) is 0 Å². The van der Waals surface area contributed by atoms with Gasteiger partial charge in [-0.05, 0) is 6.42 Å². The summed E-state index contributed by atoms with van der Waals surface area (Å²) in [5.41, 5.74) is 0. The van der Waals surface area contributed by atoms with Crippen molar-refractivity contribution in [2.45, 2.75) is 154 Å². The molecule has 0 unspecified atom stereocenters. The fourth-order valence-corrected chi connectivity index (χ4v) is 5.58. The molecule has 1 aliphatic rings. The number of unbranched alkanes of at least 4 members (excludes halogenated alkanes) is 18. The Balaban J connectivity index is 1.91. The highest BCUT2D eigenvalue weighted by atomic mass is 16.6. The van der Waals surface area contributed by atoms with Gasteiger partial charge in [0.25, 0.3) is 0 Å². The maximum atomic E-state index is 11.0. The van der Waals surface area contributed by atoms with Gasteiger partial charge in [0.1, 0.15) is 19.2 Å². The van der Waals surface area contributed by atoms with Crippen molar-refractivity contribution in [2.75, 3.05) is 27.2 Å². The number of hydrogen-bond acceptors (Lipinski definition) is 4. The van der Waals surface area contributed by atoms with Crippen LogP contribution in [0.2, 0.25) is 0 Å². The number of aliphatic hydroxyl groups is 1. The van der Waals surface area contributed by atoms with Gasteiger partial charge >= 0.3 is 0 Å². The van der Waals surface area contributed by atoms with E-state index in [-0.39, 0.29) is 6.42 Å². The number of ether oxygens (including phenoxy) is 1. The van der Waals surface area contributed by atoms with Crippen LogP contribution in [0.25, 0.3) is 0 Å². The molecule has 0 aromatic heterocycles. The van der Waals surface area contributed by atoms with Gasteiger partial charge in [-0.3, -0.25) is 0 Å². The van der Waals surface area contributed by atoms with Crippen LogP contribution in [0.4, 0.5) is 0 Å². The van der Waals surface area contributed by atoms with E-state index in [1.165, 1.54) is 109 Å². The Hall–Kier alpha value is -0.650. The van der Waals surface area contributed by atoms with Gasteiger partial charge in [-0.25, -0.2) is 0 Å². The second-order valence-corrected chi connectivity index (χ2v) is 11.7. The molecule has 0 aromatic carbocycles. The van der Waals surface area contributed by atoms with Gasteiger partial charge in [0, 0.05) is 18.8 Å². The Morgan fingerprint density at radius 1 is 0.794 bits per heavy atom. The van der Waals surface area contributed by atoms with Crippen LogP contribution in [0.5, 0.6) is 0 Å². The van der Waals surface area contributed by atoms with Crippen LogP contribution in [-0.2, 0) is 9.53 Å². The van der Waals surface area contributed by atoms with Gasteiger partial charge in [-0.1, -0.05) is 122 Å². The monoisotopic (exact) mass is 483 g/mol. The number of morpholine rings is 1. The average Bonchev–Trinajstić information content (AvgIpc) is 2.73. The molecule has 1 saturated heterocycles. The molecule has 0 aromatic rings. The second-order valence-electron chi connectivity index (χ2n) is 11.7. The number of carboxylic acids is 1. The summed E-state index contributed by atoms with van der Waals surface area (Å²) in [6, 6.07) is 0. The van der Waals surface area contributed by atoms with Gasteiger partial charge < -0.3 is 24.2 Å². The predicted octanol–water partition coefficient (Wildman–Crippen LogP) is 6.11. The quantitative estimate of drug-likeness (QED) is 0.149. The van der Waals surface area contributed by atoms with Crippen LogP contribution in [0.15, 0.2) is 0 Å². The van der Waals surface area contributed by atoms with E-state index in [1.54, 1.807) is 0 Å². The molecule has 1 fully saturated rings. The van der Waals surface area contributed by atoms with E-state index in [0.29, 0.717) is 24.0 Å². The Bertz CT molecular complexity index is 510. The summed E-state index contributed by atoms with van der Waals surface area (Å²) in [7, 11) is 4.04. The maximum absolute atomic E-state index is 11.0. The molecule has 0 saturated carbocycles. The van der Waals surface area contributed by atoms with Crippen LogP contribution >= 0.6 is 0 Å². The summed E-state index contributed by atoms with van der Waals surface area (Å²) in [6.45, 7) is 3.38. The number of hydrogen-bond donors (Lipinski definition) is 1. The van der Waals surface area contributed by atoms with Crippen molar-refractivity contribution < 1.29 is 24.2 Å². The second kappa shape index (κ2) is 18.6. The van der Waals surface area contributed by atoms with E-state index in [9.17, 15) is 15.0 Å². The molecule has 0 spiro atoms. The minimum absolute atomic E-state index is 0.150. The number of carbonyl (C=O) groups is 1. The molecular formula is C29H57NO4. The van der Waals surface area contributed by atoms with Crippen LogP contribution < -0.4 is 5.11 Å². The molecule has 1 heterocycles. The molecule has 202 valence electrons. The van der Waals surface area contributed by atoms with Crippen molar-refractivity contribution >= 4 is 5.97 Å². The molecule has 0 radical (unpaired) electrons. The van der Waals surface area contributed by atoms with E-state index in [0.717, 1.165) is 12.8 Å². The lowest BCUT2D eigenvalue weighted by molar-refractivity contribution is -0.915. The molecule has 2 atom stereocenters. The Labute approximate surface area is 211 Å². The minimum Gasteiger partial charge on any atom is -0.550 e. The first-order valence-corrected chi connectivity index (χ1v) is 14.7. The molecule has 1 rings (SSSR count). The highest BCUT2D eigenvalue weighted by molar-refractivity contribution is 5.64. The van der Waals surface area contributed by atoms with Gasteiger partial charge in [-0.15, -0.1) is 0 Å². The fourth-order valence-electron chi connectivity index (χ4n) is 5.58. The fraction of sp³-hybridized carbons (Fsp3) is 0.966.